The van der Waals surface area contributed by atoms with Crippen LogP contribution in [0.4, 0.5) is 4.79 Å². The molecule has 9 nitrogen and oxygen atoms in total. The number of alkyl carbamates (subject to hydrolysis) is 1. The van der Waals surface area contributed by atoms with Crippen molar-refractivity contribution in [3.8, 4) is 0 Å². The molecule has 0 fully saturated rings. The number of nitrogens with zero attached hydrogens (tertiary/aromatic N) is 1. The molecule has 1 rings (SSSR count). The Morgan fingerprint density at radius 1 is 1.31 bits per heavy atom. The van der Waals surface area contributed by atoms with Crippen LogP contribution < -0.4 is 10.5 Å². The fourth-order valence-electron chi connectivity index (χ4n) is 1.36. The quantitative estimate of drug-likeness (QED) is 0.384. The predicted molar refractivity (Wildman–Crippen MR) is 98.9 cm³/mol. The van der Waals surface area contributed by atoms with Gasteiger partial charge in [-0.05, 0) is 57.3 Å². The van der Waals surface area contributed by atoms with Crippen LogP contribution in [0.25, 0.3) is 0 Å². The molecule has 0 aliphatic rings. The highest BCUT2D eigenvalue weighted by molar-refractivity contribution is 7.89. The van der Waals surface area contributed by atoms with Crippen molar-refractivity contribution in [3.05, 3.63) is 29.8 Å². The van der Waals surface area contributed by atoms with Crippen molar-refractivity contribution < 1.29 is 27.9 Å². The molecule has 0 radical (unpaired) electrons. The number of carbonyl (C=O) groups is 2. The Morgan fingerprint density at radius 3 is 2.23 bits per heavy atom. The van der Waals surface area contributed by atoms with E-state index < -0.39 is 27.7 Å². The summed E-state index contributed by atoms with van der Waals surface area (Å²) in [6.45, 7) is 6.27. The molecule has 0 aliphatic carbocycles. The fourth-order valence-corrected chi connectivity index (χ4v) is 1.97. The van der Waals surface area contributed by atoms with E-state index in [4.69, 9.17) is 15.0 Å². The van der Waals surface area contributed by atoms with Crippen LogP contribution in [0.1, 0.15) is 31.1 Å². The number of nitrogens with two attached hydrogens (primary N) is 1. The van der Waals surface area contributed by atoms with Crippen molar-refractivity contribution in [3.63, 3.8) is 0 Å². The van der Waals surface area contributed by atoms with E-state index in [0.29, 0.717) is 13.1 Å². The predicted octanol–water partition coefficient (Wildman–Crippen LogP) is 1.65. The second kappa shape index (κ2) is 10.6. The molecule has 0 saturated carbocycles. The molecular weight excluding hydrogens is 382 g/mol. The summed E-state index contributed by atoms with van der Waals surface area (Å²) in [5.74, 6) is -1.11. The number of rotatable bonds is 5. The van der Waals surface area contributed by atoms with Crippen molar-refractivity contribution in [2.24, 2.45) is 10.1 Å². The van der Waals surface area contributed by atoms with Crippen molar-refractivity contribution in [1.29, 1.82) is 0 Å². The number of aliphatic imine (C=N–C) groups is 1. The van der Waals surface area contributed by atoms with Gasteiger partial charge in [0.2, 0.25) is 10.0 Å². The van der Waals surface area contributed by atoms with E-state index in [0.717, 1.165) is 12.1 Å². The third kappa shape index (κ3) is 11.3. The van der Waals surface area contributed by atoms with Crippen LogP contribution >= 0.6 is 12.2 Å². The minimum absolute atomic E-state index is 0.0207. The summed E-state index contributed by atoms with van der Waals surface area (Å²) < 4.78 is 26.5. The summed E-state index contributed by atoms with van der Waals surface area (Å²) in [4.78, 5) is 24.9. The van der Waals surface area contributed by atoms with Crippen LogP contribution in [0.2, 0.25) is 0 Å². The van der Waals surface area contributed by atoms with E-state index in [9.17, 15) is 18.0 Å². The summed E-state index contributed by atoms with van der Waals surface area (Å²) in [5, 5.41) is 18.0. The summed E-state index contributed by atoms with van der Waals surface area (Å²) >= 11 is 4.36. The highest BCUT2D eigenvalue weighted by atomic mass is 32.2. The third-order valence-corrected chi connectivity index (χ3v) is 3.44. The molecule has 0 atom stereocenters. The van der Waals surface area contributed by atoms with Crippen molar-refractivity contribution in [2.75, 3.05) is 13.1 Å². The lowest BCUT2D eigenvalue weighted by molar-refractivity contribution is 0.0529. The molecule has 0 aliphatic heterocycles. The zero-order valence-electron chi connectivity index (χ0n) is 14.6. The van der Waals surface area contributed by atoms with Gasteiger partial charge in [-0.2, -0.15) is 0 Å². The lowest BCUT2D eigenvalue weighted by Crippen LogP contribution is -2.33. The van der Waals surface area contributed by atoms with E-state index in [-0.39, 0.29) is 10.5 Å². The number of carboxylic acid groups (broad SMARTS) is 1. The summed E-state index contributed by atoms with van der Waals surface area (Å²) in [6, 6.07) is 4.67. The second-order valence-electron chi connectivity index (χ2n) is 5.78. The van der Waals surface area contributed by atoms with Gasteiger partial charge in [-0.15, -0.1) is 0 Å². The molecule has 0 aromatic heterocycles. The van der Waals surface area contributed by atoms with Gasteiger partial charge in [-0.25, -0.2) is 28.1 Å². The Balaban J connectivity index is 0.000000481. The Hall–Kier alpha value is -2.33. The van der Waals surface area contributed by atoms with Gasteiger partial charge in [-0.1, -0.05) is 0 Å². The number of sulfonamides is 1. The molecular formula is C15H21N3O6S2. The highest BCUT2D eigenvalue weighted by Gasteiger charge is 2.15. The average Bonchev–Trinajstić information content (AvgIpc) is 2.50. The number of benzene rings is 1. The number of hydrogen-bond donors (Lipinski definition) is 3. The smallest absolute Gasteiger partial charge is 0.407 e. The van der Waals surface area contributed by atoms with Gasteiger partial charge in [-0.3, -0.25) is 0 Å². The first-order chi connectivity index (χ1) is 11.9. The van der Waals surface area contributed by atoms with Gasteiger partial charge in [0.05, 0.1) is 22.2 Å². The minimum Gasteiger partial charge on any atom is -0.478 e. The number of ether oxygens (including phenoxy) is 1. The lowest BCUT2D eigenvalue weighted by atomic mass is 10.2. The zero-order chi connectivity index (χ0) is 20.4. The van der Waals surface area contributed by atoms with E-state index in [1.807, 2.05) is 20.8 Å². The molecule has 0 spiro atoms. The van der Waals surface area contributed by atoms with Crippen molar-refractivity contribution in [2.45, 2.75) is 31.3 Å². The number of hydrogen-bond acceptors (Lipinski definition) is 7. The summed E-state index contributed by atoms with van der Waals surface area (Å²) in [6.07, 6.45) is -0.438. The number of thiocarbonyl (C=S) groups is 1. The second-order valence-corrected chi connectivity index (χ2v) is 7.52. The maximum Gasteiger partial charge on any atom is 0.407 e. The van der Waals surface area contributed by atoms with Gasteiger partial charge < -0.3 is 15.2 Å². The van der Waals surface area contributed by atoms with E-state index in [1.165, 1.54) is 12.1 Å². The molecule has 11 heteroatoms. The molecule has 26 heavy (non-hydrogen) atoms. The number of carboxylic acids is 1. The average molecular weight is 403 g/mol. The van der Waals surface area contributed by atoms with Crippen molar-refractivity contribution >= 4 is 39.5 Å². The Bertz CT molecular complexity index is 764. The molecule has 1 amide bonds. The van der Waals surface area contributed by atoms with Gasteiger partial charge in [0.25, 0.3) is 0 Å². The van der Waals surface area contributed by atoms with Gasteiger partial charge >= 0.3 is 12.1 Å². The van der Waals surface area contributed by atoms with Crippen molar-refractivity contribution in [1.82, 2.24) is 5.32 Å². The molecule has 4 N–H and O–H groups in total. The topological polar surface area (TPSA) is 148 Å². The van der Waals surface area contributed by atoms with Crippen LogP contribution in [0.15, 0.2) is 34.2 Å². The SMILES string of the molecule is CC(C)(C)OC(=O)NCCN=C=S.NS(=O)(=O)c1ccc(C(=O)O)cc1. The van der Waals surface area contributed by atoms with Gasteiger partial charge in [0, 0.05) is 6.54 Å². The molecule has 1 aromatic carbocycles. The highest BCUT2D eigenvalue weighted by Crippen LogP contribution is 2.08. The molecule has 0 saturated heterocycles. The number of aromatic carboxylic acids is 1. The maximum atomic E-state index is 11.0. The summed E-state index contributed by atoms with van der Waals surface area (Å²) in [7, 11) is -3.74. The third-order valence-electron chi connectivity index (χ3n) is 2.39. The Morgan fingerprint density at radius 2 is 1.85 bits per heavy atom. The Kier molecular flexibility index (Phi) is 9.66. The van der Waals surface area contributed by atoms with Crippen LogP contribution in [0, 0.1) is 0 Å². The Labute approximate surface area is 157 Å². The number of primary sulfonamides is 1. The largest absolute Gasteiger partial charge is 0.478 e. The standard InChI is InChI=1S/C8H14N2O2S.C7H7NO4S/c1-8(2,3)12-7(11)10-5-4-9-6-13;8-13(11,12)6-3-1-5(2-4-6)7(9)10/h4-5H2,1-3H3,(H,10,11);1-4H,(H,9,10)(H2,8,11,12). The van der Waals surface area contributed by atoms with E-state index in [1.54, 1.807) is 0 Å². The fraction of sp³-hybridized carbons (Fsp3) is 0.400. The molecule has 0 bridgehead atoms. The minimum atomic E-state index is -3.74. The first-order valence-corrected chi connectivity index (χ1v) is 9.19. The number of carbonyl (C=O) groups excluding carboxylic acids is 1. The van der Waals surface area contributed by atoms with E-state index in [2.05, 4.69) is 27.7 Å². The van der Waals surface area contributed by atoms with Crippen LogP contribution in [0.5, 0.6) is 0 Å². The molecule has 0 heterocycles. The summed E-state index contributed by atoms with van der Waals surface area (Å²) in [5.41, 5.74) is -0.440. The van der Waals surface area contributed by atoms with Crippen LogP contribution in [0.3, 0.4) is 0 Å². The van der Waals surface area contributed by atoms with Gasteiger partial charge in [0.1, 0.15) is 5.60 Å². The first-order valence-electron chi connectivity index (χ1n) is 7.23. The lowest BCUT2D eigenvalue weighted by Gasteiger charge is -2.19. The normalized spacial score (nSPS) is 10.6. The monoisotopic (exact) mass is 403 g/mol. The van der Waals surface area contributed by atoms with E-state index >= 15 is 0 Å². The number of amides is 1. The maximum absolute atomic E-state index is 11.0. The van der Waals surface area contributed by atoms with Crippen LogP contribution in [-0.2, 0) is 14.8 Å². The van der Waals surface area contributed by atoms with Crippen LogP contribution in [-0.4, -0.2) is 49.4 Å². The number of nitrogens with one attached hydrogen (secondary N) is 1. The molecule has 0 unspecified atom stereocenters. The number of isothiocyanates is 1. The molecule has 1 aromatic rings. The zero-order valence-corrected chi connectivity index (χ0v) is 16.2. The van der Waals surface area contributed by atoms with Gasteiger partial charge in [0.15, 0.2) is 0 Å². The first kappa shape index (κ1) is 23.7. The molecule has 144 valence electrons.